The summed E-state index contributed by atoms with van der Waals surface area (Å²) >= 11 is 0. The minimum Gasteiger partial charge on any atom is -0.480 e. The molecule has 1 saturated carbocycles. The van der Waals surface area contributed by atoms with Gasteiger partial charge in [-0.2, -0.15) is 0 Å². The van der Waals surface area contributed by atoms with E-state index in [1.54, 1.807) is 14.7 Å². The van der Waals surface area contributed by atoms with E-state index in [-0.39, 0.29) is 49.8 Å². The Hall–Kier alpha value is -2.81. The van der Waals surface area contributed by atoms with E-state index in [1.165, 1.54) is 0 Å². The highest BCUT2D eigenvalue weighted by Gasteiger charge is 2.25. The second kappa shape index (κ2) is 16.2. The molecule has 2 rings (SSSR count). The van der Waals surface area contributed by atoms with E-state index in [0.29, 0.717) is 58.9 Å². The summed E-state index contributed by atoms with van der Waals surface area (Å²) in [4.78, 5) is 65.2. The topological polar surface area (TPSA) is 197 Å². The second-order valence-electron chi connectivity index (χ2n) is 10.2. The molecule has 0 bridgehead atoms. The number of aliphatic carboxylic acids is 3. The largest absolute Gasteiger partial charge is 0.480 e. The van der Waals surface area contributed by atoms with E-state index in [2.05, 4.69) is 5.32 Å². The van der Waals surface area contributed by atoms with Crippen LogP contribution in [0.3, 0.4) is 0 Å². The third kappa shape index (κ3) is 12.6. The van der Waals surface area contributed by atoms with Crippen LogP contribution in [0.1, 0.15) is 25.7 Å². The number of carbonyl (C=O) groups is 5. The zero-order chi connectivity index (χ0) is 28.1. The van der Waals surface area contributed by atoms with Crippen molar-refractivity contribution >= 4 is 29.7 Å². The fraction of sp³-hybridized carbons (Fsp3) is 0.792. The summed E-state index contributed by atoms with van der Waals surface area (Å²) in [5.74, 6) is -3.25. The first kappa shape index (κ1) is 31.4. The standard InChI is InChI=1S/C24H42N6O8/c25-24(38)19-3-1-18(2-4-19)13-26-20(31)14-27-5-7-28(15-21(32)33)9-11-30(17-23(36)37)12-10-29(8-6-27)16-22(34)35/h18-19H,1-17H2,(H2,25,38)(H,26,31)(H,32,33)(H,34,35)(H,36,37). The number of hydrogen-bond donors (Lipinski definition) is 5. The van der Waals surface area contributed by atoms with Crippen molar-refractivity contribution in [1.82, 2.24) is 24.9 Å². The Morgan fingerprint density at radius 2 is 0.947 bits per heavy atom. The summed E-state index contributed by atoms with van der Waals surface area (Å²) < 4.78 is 0. The fourth-order valence-corrected chi connectivity index (χ4v) is 4.95. The van der Waals surface area contributed by atoms with Crippen molar-refractivity contribution in [3.63, 3.8) is 0 Å². The average molecular weight is 543 g/mol. The Morgan fingerprint density at radius 1 is 0.605 bits per heavy atom. The predicted molar refractivity (Wildman–Crippen MR) is 136 cm³/mol. The summed E-state index contributed by atoms with van der Waals surface area (Å²) in [6.07, 6.45) is 3.10. The molecule has 6 N–H and O–H groups in total. The Bertz CT molecular complexity index is 788. The van der Waals surface area contributed by atoms with Crippen molar-refractivity contribution in [3.05, 3.63) is 0 Å². The summed E-state index contributed by atoms with van der Waals surface area (Å²) in [5, 5.41) is 30.8. The number of nitrogens with zero attached hydrogens (tertiary/aromatic N) is 4. The van der Waals surface area contributed by atoms with Crippen molar-refractivity contribution in [2.75, 3.05) is 85.1 Å². The zero-order valence-electron chi connectivity index (χ0n) is 21.9. The minimum atomic E-state index is -1.01. The molecule has 2 aliphatic rings. The third-order valence-electron chi connectivity index (χ3n) is 7.21. The highest BCUT2D eigenvalue weighted by molar-refractivity contribution is 5.78. The van der Waals surface area contributed by atoms with Gasteiger partial charge >= 0.3 is 17.9 Å². The predicted octanol–water partition coefficient (Wildman–Crippen LogP) is -2.13. The Morgan fingerprint density at radius 3 is 1.26 bits per heavy atom. The Kier molecular flexibility index (Phi) is 13.4. The monoisotopic (exact) mass is 542 g/mol. The maximum Gasteiger partial charge on any atom is 0.317 e. The highest BCUT2D eigenvalue weighted by Crippen LogP contribution is 2.28. The van der Waals surface area contributed by atoms with E-state index in [0.717, 1.165) is 25.7 Å². The van der Waals surface area contributed by atoms with Crippen LogP contribution in [0.15, 0.2) is 0 Å². The molecule has 0 aromatic heterocycles. The molecule has 0 radical (unpaired) electrons. The number of carbonyl (C=O) groups excluding carboxylic acids is 2. The van der Waals surface area contributed by atoms with Crippen LogP contribution in [0.2, 0.25) is 0 Å². The first-order chi connectivity index (χ1) is 18.0. The molecule has 14 nitrogen and oxygen atoms in total. The third-order valence-corrected chi connectivity index (χ3v) is 7.21. The Balaban J connectivity index is 1.99. The van der Waals surface area contributed by atoms with Gasteiger partial charge in [-0.05, 0) is 31.6 Å². The van der Waals surface area contributed by atoms with Crippen LogP contribution in [-0.4, -0.2) is 150 Å². The summed E-state index contributed by atoms with van der Waals surface area (Å²) in [6.45, 7) is 2.74. The molecule has 1 saturated heterocycles. The van der Waals surface area contributed by atoms with Gasteiger partial charge in [-0.3, -0.25) is 43.6 Å². The number of primary amides is 1. The van der Waals surface area contributed by atoms with Gasteiger partial charge in [0.2, 0.25) is 11.8 Å². The number of rotatable bonds is 11. The van der Waals surface area contributed by atoms with E-state index in [1.807, 2.05) is 4.90 Å². The molecule has 38 heavy (non-hydrogen) atoms. The van der Waals surface area contributed by atoms with Gasteiger partial charge in [0.1, 0.15) is 0 Å². The fourth-order valence-electron chi connectivity index (χ4n) is 4.95. The van der Waals surface area contributed by atoms with Gasteiger partial charge in [0.15, 0.2) is 0 Å². The van der Waals surface area contributed by atoms with Crippen LogP contribution >= 0.6 is 0 Å². The van der Waals surface area contributed by atoms with Crippen LogP contribution in [0, 0.1) is 11.8 Å². The number of carboxylic acids is 3. The summed E-state index contributed by atoms with van der Waals surface area (Å²) in [5.41, 5.74) is 5.39. The molecule has 2 amide bonds. The SMILES string of the molecule is NC(=O)C1CCC(CNC(=O)CN2CCN(CC(=O)O)CCN(CC(=O)O)CCN(CC(=O)O)CC2)CC1. The van der Waals surface area contributed by atoms with Crippen molar-refractivity contribution in [2.45, 2.75) is 25.7 Å². The van der Waals surface area contributed by atoms with Crippen LogP contribution in [0.5, 0.6) is 0 Å². The maximum atomic E-state index is 12.8. The molecule has 0 aromatic carbocycles. The van der Waals surface area contributed by atoms with E-state index >= 15 is 0 Å². The maximum absolute atomic E-state index is 12.8. The molecule has 0 atom stereocenters. The lowest BCUT2D eigenvalue weighted by atomic mass is 9.81. The van der Waals surface area contributed by atoms with Crippen molar-refractivity contribution < 1.29 is 39.3 Å². The zero-order valence-corrected chi connectivity index (χ0v) is 21.9. The summed E-state index contributed by atoms with van der Waals surface area (Å²) in [7, 11) is 0. The number of carboxylic acid groups (broad SMARTS) is 3. The van der Waals surface area contributed by atoms with Crippen LogP contribution in [0.25, 0.3) is 0 Å². The minimum absolute atomic E-state index is 0.0869. The molecule has 2 fully saturated rings. The number of amides is 2. The normalized spacial score (nSPS) is 23.6. The number of nitrogens with one attached hydrogen (secondary N) is 1. The van der Waals surface area contributed by atoms with Crippen molar-refractivity contribution in [1.29, 1.82) is 0 Å². The number of nitrogens with two attached hydrogens (primary N) is 1. The summed E-state index contributed by atoms with van der Waals surface area (Å²) in [6, 6.07) is 0. The lowest BCUT2D eigenvalue weighted by Crippen LogP contribution is -2.50. The van der Waals surface area contributed by atoms with Gasteiger partial charge in [-0.25, -0.2) is 0 Å². The van der Waals surface area contributed by atoms with Gasteiger partial charge in [0, 0.05) is 64.8 Å². The lowest BCUT2D eigenvalue weighted by molar-refractivity contribution is -0.140. The molecular formula is C24H42N6O8. The second-order valence-corrected chi connectivity index (χ2v) is 10.2. The smallest absolute Gasteiger partial charge is 0.317 e. The van der Waals surface area contributed by atoms with E-state index < -0.39 is 17.9 Å². The van der Waals surface area contributed by atoms with Crippen molar-refractivity contribution in [2.24, 2.45) is 17.6 Å². The molecule has 0 spiro atoms. The van der Waals surface area contributed by atoms with Gasteiger partial charge in [-0.15, -0.1) is 0 Å². The van der Waals surface area contributed by atoms with Gasteiger partial charge in [-0.1, -0.05) is 0 Å². The van der Waals surface area contributed by atoms with Crippen LogP contribution in [0.4, 0.5) is 0 Å². The first-order valence-corrected chi connectivity index (χ1v) is 13.1. The van der Waals surface area contributed by atoms with Gasteiger partial charge in [0.05, 0.1) is 26.2 Å². The molecule has 14 heteroatoms. The number of hydrogen-bond acceptors (Lipinski definition) is 9. The first-order valence-electron chi connectivity index (χ1n) is 13.1. The van der Waals surface area contributed by atoms with E-state index in [9.17, 15) is 39.3 Å². The Labute approximate surface area is 222 Å². The molecule has 1 aliphatic carbocycles. The van der Waals surface area contributed by atoms with E-state index in [4.69, 9.17) is 5.73 Å². The average Bonchev–Trinajstić information content (AvgIpc) is 2.83. The lowest BCUT2D eigenvalue weighted by Gasteiger charge is -2.33. The highest BCUT2D eigenvalue weighted by atomic mass is 16.4. The van der Waals surface area contributed by atoms with Gasteiger partial charge in [0.25, 0.3) is 0 Å². The molecular weight excluding hydrogens is 500 g/mol. The quantitative estimate of drug-likeness (QED) is 0.190. The van der Waals surface area contributed by atoms with Crippen LogP contribution < -0.4 is 11.1 Å². The molecule has 0 aromatic rings. The molecule has 0 unspecified atom stereocenters. The molecule has 1 heterocycles. The molecule has 216 valence electrons. The van der Waals surface area contributed by atoms with Crippen LogP contribution in [-0.2, 0) is 24.0 Å². The van der Waals surface area contributed by atoms with Gasteiger partial charge < -0.3 is 26.4 Å². The van der Waals surface area contributed by atoms with Crippen molar-refractivity contribution in [3.8, 4) is 0 Å². The molecule has 1 aliphatic heterocycles.